The predicted molar refractivity (Wildman–Crippen MR) is 66.8 cm³/mol. The van der Waals surface area contributed by atoms with Crippen molar-refractivity contribution in [2.45, 2.75) is 31.4 Å². The van der Waals surface area contributed by atoms with Crippen LogP contribution in [-0.4, -0.2) is 19.8 Å². The van der Waals surface area contributed by atoms with Gasteiger partial charge < -0.3 is 10.1 Å². The summed E-state index contributed by atoms with van der Waals surface area (Å²) in [5.41, 5.74) is 1.28. The quantitative estimate of drug-likeness (QED) is 0.872. The summed E-state index contributed by atoms with van der Waals surface area (Å²) in [5, 5.41) is 4.13. The molecule has 1 saturated heterocycles. The molecule has 0 aromatic heterocycles. The van der Waals surface area contributed by atoms with Crippen molar-refractivity contribution in [2.24, 2.45) is 0 Å². The van der Waals surface area contributed by atoms with Crippen LogP contribution in [0.25, 0.3) is 0 Å². The molecule has 2 unspecified atom stereocenters. The molecule has 1 fully saturated rings. The average molecular weight is 240 g/mol. The smallest absolute Gasteiger partial charge is 0.0594 e. The Bertz CT molecular complexity index is 319. The summed E-state index contributed by atoms with van der Waals surface area (Å²) < 4.78 is 5.66. The molecule has 1 aliphatic rings. The van der Waals surface area contributed by atoms with Gasteiger partial charge in [-0.3, -0.25) is 0 Å². The zero-order valence-electron chi connectivity index (χ0n) is 9.58. The van der Waals surface area contributed by atoms with E-state index in [0.717, 1.165) is 18.1 Å². The zero-order chi connectivity index (χ0) is 11.4. The largest absolute Gasteiger partial charge is 0.378 e. The van der Waals surface area contributed by atoms with Gasteiger partial charge in [0, 0.05) is 17.7 Å². The van der Waals surface area contributed by atoms with Crippen molar-refractivity contribution in [3.8, 4) is 0 Å². The highest BCUT2D eigenvalue weighted by molar-refractivity contribution is 6.30. The number of ether oxygens (including phenoxy) is 1. The second kappa shape index (κ2) is 5.67. The Morgan fingerprint density at radius 1 is 1.44 bits per heavy atom. The molecule has 0 amide bonds. The van der Waals surface area contributed by atoms with E-state index in [0.29, 0.717) is 12.1 Å². The Balaban J connectivity index is 2.00. The molecular weight excluding hydrogens is 222 g/mol. The van der Waals surface area contributed by atoms with Crippen LogP contribution in [0, 0.1) is 0 Å². The van der Waals surface area contributed by atoms with Crippen LogP contribution in [-0.2, 0) is 4.74 Å². The van der Waals surface area contributed by atoms with E-state index in [1.165, 1.54) is 18.4 Å². The normalized spacial score (nSPS) is 22.2. The van der Waals surface area contributed by atoms with Gasteiger partial charge in [0.25, 0.3) is 0 Å². The van der Waals surface area contributed by atoms with Crippen molar-refractivity contribution in [1.82, 2.24) is 5.32 Å². The maximum atomic E-state index is 5.88. The number of benzene rings is 1. The fraction of sp³-hybridized carbons (Fsp3) is 0.538. The molecule has 1 aromatic rings. The summed E-state index contributed by atoms with van der Waals surface area (Å²) in [6.07, 6.45) is 3.83. The number of hydrogen-bond donors (Lipinski definition) is 1. The molecule has 1 heterocycles. The molecule has 0 saturated carbocycles. The minimum absolute atomic E-state index is 0.361. The number of hydrogen-bond acceptors (Lipinski definition) is 2. The number of halogens is 1. The van der Waals surface area contributed by atoms with Crippen molar-refractivity contribution in [1.29, 1.82) is 0 Å². The first-order valence-electron chi connectivity index (χ1n) is 5.84. The van der Waals surface area contributed by atoms with E-state index >= 15 is 0 Å². The van der Waals surface area contributed by atoms with Crippen LogP contribution in [0.4, 0.5) is 0 Å². The molecule has 0 bridgehead atoms. The number of nitrogens with one attached hydrogen (secondary N) is 1. The molecule has 1 aromatic carbocycles. The molecule has 0 spiro atoms. The van der Waals surface area contributed by atoms with E-state index in [2.05, 4.69) is 17.4 Å². The van der Waals surface area contributed by atoms with Gasteiger partial charge in [0.15, 0.2) is 0 Å². The third-order valence-electron chi connectivity index (χ3n) is 3.14. The summed E-state index contributed by atoms with van der Waals surface area (Å²) in [7, 11) is 1.99. The third kappa shape index (κ3) is 2.97. The zero-order valence-corrected chi connectivity index (χ0v) is 10.3. The van der Waals surface area contributed by atoms with E-state index in [1.54, 1.807) is 0 Å². The fourth-order valence-corrected chi connectivity index (χ4v) is 2.33. The average Bonchev–Trinajstić information content (AvgIpc) is 2.80. The van der Waals surface area contributed by atoms with Crippen molar-refractivity contribution < 1.29 is 4.74 Å². The fourth-order valence-electron chi connectivity index (χ4n) is 2.21. The highest BCUT2D eigenvalue weighted by Gasteiger charge is 2.20. The molecule has 0 aliphatic carbocycles. The molecule has 2 nitrogen and oxygen atoms in total. The topological polar surface area (TPSA) is 21.3 Å². The van der Waals surface area contributed by atoms with Crippen LogP contribution in [0.3, 0.4) is 0 Å². The van der Waals surface area contributed by atoms with Crippen LogP contribution in [0.1, 0.15) is 30.9 Å². The minimum atomic E-state index is 0.361. The second-order valence-corrected chi connectivity index (χ2v) is 4.70. The predicted octanol–water partition coefficient (Wildman–Crippen LogP) is 3.17. The van der Waals surface area contributed by atoms with Gasteiger partial charge in [0.2, 0.25) is 0 Å². The van der Waals surface area contributed by atoms with Crippen molar-refractivity contribution in [3.05, 3.63) is 34.9 Å². The summed E-state index contributed by atoms with van der Waals surface area (Å²) in [6.45, 7) is 0.918. The van der Waals surface area contributed by atoms with Crippen LogP contribution < -0.4 is 5.32 Å². The second-order valence-electron chi connectivity index (χ2n) is 4.26. The van der Waals surface area contributed by atoms with Gasteiger partial charge in [0.1, 0.15) is 0 Å². The molecule has 1 N–H and O–H groups in total. The summed E-state index contributed by atoms with van der Waals surface area (Å²) in [4.78, 5) is 0. The highest BCUT2D eigenvalue weighted by atomic mass is 35.5. The SMILES string of the molecule is CNC(CC1CCCO1)c1ccc(Cl)cc1. The minimum Gasteiger partial charge on any atom is -0.378 e. The van der Waals surface area contributed by atoms with Gasteiger partial charge >= 0.3 is 0 Å². The summed E-state index contributed by atoms with van der Waals surface area (Å²) in [6, 6.07) is 8.41. The van der Waals surface area contributed by atoms with E-state index < -0.39 is 0 Å². The van der Waals surface area contributed by atoms with Crippen LogP contribution in [0.2, 0.25) is 5.02 Å². The lowest BCUT2D eigenvalue weighted by Gasteiger charge is -2.20. The van der Waals surface area contributed by atoms with Crippen LogP contribution >= 0.6 is 11.6 Å². The Morgan fingerprint density at radius 2 is 2.19 bits per heavy atom. The summed E-state index contributed by atoms with van der Waals surface area (Å²) >= 11 is 5.88. The molecule has 3 heteroatoms. The molecule has 88 valence electrons. The van der Waals surface area contributed by atoms with Crippen LogP contribution in [0.5, 0.6) is 0 Å². The Hall–Kier alpha value is -0.570. The van der Waals surface area contributed by atoms with Crippen molar-refractivity contribution in [3.63, 3.8) is 0 Å². The van der Waals surface area contributed by atoms with Gasteiger partial charge in [-0.1, -0.05) is 23.7 Å². The van der Waals surface area contributed by atoms with Crippen molar-refractivity contribution in [2.75, 3.05) is 13.7 Å². The molecule has 16 heavy (non-hydrogen) atoms. The van der Waals surface area contributed by atoms with E-state index in [-0.39, 0.29) is 0 Å². The first kappa shape index (κ1) is 11.9. The standard InChI is InChI=1S/C13H18ClNO/c1-15-13(9-12-3-2-8-16-12)10-4-6-11(14)7-5-10/h4-7,12-13,15H,2-3,8-9H2,1H3. The number of rotatable bonds is 4. The maximum Gasteiger partial charge on any atom is 0.0594 e. The van der Waals surface area contributed by atoms with Gasteiger partial charge in [-0.05, 0) is 44.0 Å². The Morgan fingerprint density at radius 3 is 2.75 bits per heavy atom. The van der Waals surface area contributed by atoms with E-state index in [1.807, 2.05) is 19.2 Å². The summed E-state index contributed by atoms with van der Waals surface area (Å²) in [5.74, 6) is 0. The van der Waals surface area contributed by atoms with Gasteiger partial charge in [-0.25, -0.2) is 0 Å². The lowest BCUT2D eigenvalue weighted by molar-refractivity contribution is 0.0954. The molecular formula is C13H18ClNO. The molecule has 0 radical (unpaired) electrons. The Labute approximate surface area is 102 Å². The molecule has 2 rings (SSSR count). The first-order valence-corrected chi connectivity index (χ1v) is 6.21. The highest BCUT2D eigenvalue weighted by Crippen LogP contribution is 2.25. The molecule has 2 atom stereocenters. The molecule has 1 aliphatic heterocycles. The van der Waals surface area contributed by atoms with Gasteiger partial charge in [-0.2, -0.15) is 0 Å². The van der Waals surface area contributed by atoms with Crippen LogP contribution in [0.15, 0.2) is 24.3 Å². The lowest BCUT2D eigenvalue weighted by Crippen LogP contribution is -2.22. The van der Waals surface area contributed by atoms with E-state index in [4.69, 9.17) is 16.3 Å². The van der Waals surface area contributed by atoms with Gasteiger partial charge in [-0.15, -0.1) is 0 Å². The van der Waals surface area contributed by atoms with Crippen molar-refractivity contribution >= 4 is 11.6 Å². The monoisotopic (exact) mass is 239 g/mol. The Kier molecular flexibility index (Phi) is 4.22. The maximum absolute atomic E-state index is 5.88. The van der Waals surface area contributed by atoms with E-state index in [9.17, 15) is 0 Å². The lowest BCUT2D eigenvalue weighted by atomic mass is 9.99. The van der Waals surface area contributed by atoms with Gasteiger partial charge in [0.05, 0.1) is 6.10 Å². The third-order valence-corrected chi connectivity index (χ3v) is 3.40. The first-order chi connectivity index (χ1) is 7.79.